The smallest absolute Gasteiger partial charge is 0.194 e. The minimum absolute atomic E-state index is 0.114. The van der Waals surface area contributed by atoms with Crippen molar-refractivity contribution in [3.63, 3.8) is 0 Å². The van der Waals surface area contributed by atoms with Gasteiger partial charge in [0.15, 0.2) is 17.5 Å². The van der Waals surface area contributed by atoms with Crippen molar-refractivity contribution < 1.29 is 13.2 Å². The Kier molecular flexibility index (Phi) is 4.24. The quantitative estimate of drug-likeness (QED) is 0.496. The molecule has 1 atom stereocenters. The van der Waals surface area contributed by atoms with Crippen molar-refractivity contribution in [2.24, 2.45) is 11.8 Å². The predicted molar refractivity (Wildman–Crippen MR) is 63.0 cm³/mol. The van der Waals surface area contributed by atoms with Gasteiger partial charge in [-0.25, -0.2) is 13.2 Å². The summed E-state index contributed by atoms with van der Waals surface area (Å²) in [7, 11) is 0. The van der Waals surface area contributed by atoms with E-state index in [1.165, 1.54) is 6.07 Å². The van der Waals surface area contributed by atoms with Gasteiger partial charge < -0.3 is 0 Å². The molecule has 0 heterocycles. The number of hydrazine groups is 1. The SMILES string of the molecule is NNC(c1ccc(F)c(F)c1F)C1CCCCC1. The van der Waals surface area contributed by atoms with E-state index < -0.39 is 23.5 Å². The Morgan fingerprint density at radius 2 is 1.72 bits per heavy atom. The predicted octanol–water partition coefficient (Wildman–Crippen LogP) is 3.19. The van der Waals surface area contributed by atoms with Crippen LogP contribution in [0.1, 0.15) is 43.7 Å². The summed E-state index contributed by atoms with van der Waals surface area (Å²) in [5.41, 5.74) is 2.66. The molecule has 0 amide bonds. The van der Waals surface area contributed by atoms with E-state index in [1.54, 1.807) is 0 Å². The van der Waals surface area contributed by atoms with Gasteiger partial charge in [-0.15, -0.1) is 0 Å². The maximum Gasteiger partial charge on any atom is 0.194 e. The van der Waals surface area contributed by atoms with Crippen molar-refractivity contribution in [1.82, 2.24) is 5.43 Å². The first-order valence-corrected chi connectivity index (χ1v) is 6.24. The van der Waals surface area contributed by atoms with E-state index >= 15 is 0 Å². The molecular formula is C13H17F3N2. The molecule has 1 unspecified atom stereocenters. The molecule has 2 nitrogen and oxygen atoms in total. The van der Waals surface area contributed by atoms with E-state index in [4.69, 9.17) is 5.84 Å². The van der Waals surface area contributed by atoms with Crippen LogP contribution in [0.5, 0.6) is 0 Å². The molecule has 0 bridgehead atoms. The summed E-state index contributed by atoms with van der Waals surface area (Å²) in [5.74, 6) is 1.90. The number of nitrogens with two attached hydrogens (primary N) is 1. The second-order valence-electron chi connectivity index (χ2n) is 4.81. The van der Waals surface area contributed by atoms with Crippen molar-refractivity contribution in [3.8, 4) is 0 Å². The van der Waals surface area contributed by atoms with Gasteiger partial charge in [0.05, 0.1) is 6.04 Å². The molecule has 1 aromatic rings. The summed E-state index contributed by atoms with van der Waals surface area (Å²) in [6.07, 6.45) is 5.14. The second-order valence-corrected chi connectivity index (χ2v) is 4.81. The molecule has 0 radical (unpaired) electrons. The first-order valence-electron chi connectivity index (χ1n) is 6.24. The highest BCUT2D eigenvalue weighted by molar-refractivity contribution is 5.24. The normalized spacial score (nSPS) is 18.9. The Morgan fingerprint density at radius 1 is 1.06 bits per heavy atom. The van der Waals surface area contributed by atoms with Crippen molar-refractivity contribution in [2.75, 3.05) is 0 Å². The molecule has 0 saturated heterocycles. The Labute approximate surface area is 104 Å². The van der Waals surface area contributed by atoms with E-state index in [0.29, 0.717) is 0 Å². The summed E-state index contributed by atoms with van der Waals surface area (Å²) < 4.78 is 39.9. The van der Waals surface area contributed by atoms with Crippen LogP contribution in [-0.4, -0.2) is 0 Å². The van der Waals surface area contributed by atoms with Crippen LogP contribution in [-0.2, 0) is 0 Å². The first-order chi connectivity index (χ1) is 8.65. The third-order valence-corrected chi connectivity index (χ3v) is 3.70. The van der Waals surface area contributed by atoms with E-state index in [2.05, 4.69) is 5.43 Å². The molecule has 1 aliphatic carbocycles. The monoisotopic (exact) mass is 258 g/mol. The highest BCUT2D eigenvalue weighted by Gasteiger charge is 2.28. The largest absolute Gasteiger partial charge is 0.271 e. The maximum atomic E-state index is 13.7. The Morgan fingerprint density at radius 3 is 2.33 bits per heavy atom. The molecule has 18 heavy (non-hydrogen) atoms. The third-order valence-electron chi connectivity index (χ3n) is 3.70. The van der Waals surface area contributed by atoms with Crippen LogP contribution in [0.3, 0.4) is 0 Å². The fourth-order valence-corrected chi connectivity index (χ4v) is 2.73. The lowest BCUT2D eigenvalue weighted by Crippen LogP contribution is -2.35. The average Bonchev–Trinajstić information content (AvgIpc) is 2.41. The van der Waals surface area contributed by atoms with Gasteiger partial charge in [0, 0.05) is 5.56 Å². The molecule has 100 valence electrons. The number of hydrogen-bond donors (Lipinski definition) is 2. The molecule has 1 aliphatic rings. The number of benzene rings is 1. The molecule has 1 aromatic carbocycles. The van der Waals surface area contributed by atoms with Crippen LogP contribution in [0.4, 0.5) is 13.2 Å². The summed E-state index contributed by atoms with van der Waals surface area (Å²) in [6, 6.07) is 1.76. The summed E-state index contributed by atoms with van der Waals surface area (Å²) in [6.45, 7) is 0. The third kappa shape index (κ3) is 2.52. The van der Waals surface area contributed by atoms with Gasteiger partial charge in [-0.1, -0.05) is 25.3 Å². The van der Waals surface area contributed by atoms with Crippen molar-refractivity contribution in [2.45, 2.75) is 38.1 Å². The zero-order chi connectivity index (χ0) is 13.1. The van der Waals surface area contributed by atoms with E-state index in [9.17, 15) is 13.2 Å². The van der Waals surface area contributed by atoms with Crippen molar-refractivity contribution >= 4 is 0 Å². The molecule has 2 rings (SSSR count). The number of rotatable bonds is 3. The number of halogens is 3. The Bertz CT molecular complexity index is 417. The van der Waals surface area contributed by atoms with Crippen molar-refractivity contribution in [3.05, 3.63) is 35.1 Å². The molecule has 0 aromatic heterocycles. The van der Waals surface area contributed by atoms with Crippen LogP contribution < -0.4 is 11.3 Å². The van der Waals surface area contributed by atoms with Crippen LogP contribution in [0.15, 0.2) is 12.1 Å². The molecule has 0 aliphatic heterocycles. The van der Waals surface area contributed by atoms with Gasteiger partial charge in [-0.05, 0) is 24.8 Å². The van der Waals surface area contributed by atoms with Crippen molar-refractivity contribution in [1.29, 1.82) is 0 Å². The summed E-state index contributed by atoms with van der Waals surface area (Å²) >= 11 is 0. The molecular weight excluding hydrogens is 241 g/mol. The number of nitrogens with one attached hydrogen (secondary N) is 1. The lowest BCUT2D eigenvalue weighted by Gasteiger charge is -2.30. The van der Waals surface area contributed by atoms with Gasteiger partial charge in [-0.2, -0.15) is 0 Å². The summed E-state index contributed by atoms with van der Waals surface area (Å²) in [4.78, 5) is 0. The van der Waals surface area contributed by atoms with Gasteiger partial charge in [0.2, 0.25) is 0 Å². The van der Waals surface area contributed by atoms with E-state index in [0.717, 1.165) is 38.2 Å². The van der Waals surface area contributed by atoms with Gasteiger partial charge in [0.25, 0.3) is 0 Å². The molecule has 0 spiro atoms. The highest BCUT2D eigenvalue weighted by atomic mass is 19.2. The lowest BCUT2D eigenvalue weighted by atomic mass is 9.81. The second kappa shape index (κ2) is 5.71. The molecule has 3 N–H and O–H groups in total. The molecule has 1 fully saturated rings. The van der Waals surface area contributed by atoms with E-state index in [1.807, 2.05) is 0 Å². The van der Waals surface area contributed by atoms with Gasteiger partial charge >= 0.3 is 0 Å². The fraction of sp³-hybridized carbons (Fsp3) is 0.538. The zero-order valence-electron chi connectivity index (χ0n) is 10.1. The molecule has 1 saturated carbocycles. The van der Waals surface area contributed by atoms with Gasteiger partial charge in [-0.3, -0.25) is 11.3 Å². The fourth-order valence-electron chi connectivity index (χ4n) is 2.73. The maximum absolute atomic E-state index is 13.7. The minimum atomic E-state index is -1.43. The van der Waals surface area contributed by atoms with Gasteiger partial charge in [0.1, 0.15) is 0 Å². The van der Waals surface area contributed by atoms with E-state index in [-0.39, 0.29) is 11.5 Å². The lowest BCUT2D eigenvalue weighted by molar-refractivity contribution is 0.266. The standard InChI is InChI=1S/C13H17F3N2/c14-10-7-6-9(11(15)12(10)16)13(18-17)8-4-2-1-3-5-8/h6-8,13,18H,1-5,17H2. The minimum Gasteiger partial charge on any atom is -0.271 e. The highest BCUT2D eigenvalue weighted by Crippen LogP contribution is 2.35. The topological polar surface area (TPSA) is 38.0 Å². The Balaban J connectivity index is 2.29. The summed E-state index contributed by atoms with van der Waals surface area (Å²) in [5, 5.41) is 0. The zero-order valence-corrected chi connectivity index (χ0v) is 10.1. The van der Waals surface area contributed by atoms with Crippen LogP contribution in [0, 0.1) is 23.4 Å². The number of hydrogen-bond acceptors (Lipinski definition) is 2. The molecule has 5 heteroatoms. The van der Waals surface area contributed by atoms with Crippen LogP contribution in [0.2, 0.25) is 0 Å². The first kappa shape index (κ1) is 13.4. The average molecular weight is 258 g/mol. The Hall–Kier alpha value is -1.07. The van der Waals surface area contributed by atoms with Crippen LogP contribution in [0.25, 0.3) is 0 Å². The van der Waals surface area contributed by atoms with Crippen LogP contribution >= 0.6 is 0 Å².